The maximum atomic E-state index is 12.2. The van der Waals surface area contributed by atoms with Crippen LogP contribution in [0.5, 0.6) is 11.5 Å². The van der Waals surface area contributed by atoms with Crippen molar-refractivity contribution in [3.63, 3.8) is 0 Å². The van der Waals surface area contributed by atoms with Crippen molar-refractivity contribution in [2.75, 3.05) is 13.7 Å². The Labute approximate surface area is 153 Å². The van der Waals surface area contributed by atoms with Gasteiger partial charge < -0.3 is 19.5 Å². The zero-order valence-electron chi connectivity index (χ0n) is 15.6. The molecule has 0 spiro atoms. The fraction of sp³-hybridized carbons (Fsp3) is 0.556. The first-order valence-corrected chi connectivity index (χ1v) is 8.49. The van der Waals surface area contributed by atoms with E-state index < -0.39 is 5.97 Å². The number of ether oxygens (including phenoxy) is 3. The Hall–Kier alpha value is -1.95. The van der Waals surface area contributed by atoms with Gasteiger partial charge in [0.25, 0.3) is 5.91 Å². The van der Waals surface area contributed by atoms with E-state index in [0.29, 0.717) is 11.5 Å². The van der Waals surface area contributed by atoms with E-state index in [-0.39, 0.29) is 34.7 Å². The number of nitrogens with one attached hydrogen (secondary N) is 1. The van der Waals surface area contributed by atoms with E-state index in [1.54, 1.807) is 0 Å². The molecule has 1 rings (SSSR count). The van der Waals surface area contributed by atoms with E-state index >= 15 is 0 Å². The van der Waals surface area contributed by atoms with Gasteiger partial charge in [0.05, 0.1) is 23.8 Å². The Bertz CT molecular complexity index is 628. The van der Waals surface area contributed by atoms with Crippen LogP contribution >= 0.6 is 11.6 Å². The van der Waals surface area contributed by atoms with Crippen LogP contribution in [-0.4, -0.2) is 37.2 Å². The van der Waals surface area contributed by atoms with E-state index in [9.17, 15) is 9.59 Å². The lowest BCUT2D eigenvalue weighted by Crippen LogP contribution is -2.44. The van der Waals surface area contributed by atoms with Crippen LogP contribution in [0, 0.1) is 0 Å². The highest BCUT2D eigenvalue weighted by atomic mass is 35.5. The highest BCUT2D eigenvalue weighted by molar-refractivity contribution is 6.32. The molecule has 0 atom stereocenters. The molecule has 0 heterocycles. The lowest BCUT2D eigenvalue weighted by molar-refractivity contribution is -0.125. The second kappa shape index (κ2) is 8.94. The quantitative estimate of drug-likeness (QED) is 0.707. The predicted molar refractivity (Wildman–Crippen MR) is 96.6 cm³/mol. The summed E-state index contributed by atoms with van der Waals surface area (Å²) in [6, 6.07) is 2.90. The van der Waals surface area contributed by atoms with Crippen molar-refractivity contribution in [2.24, 2.45) is 0 Å². The largest absolute Gasteiger partial charge is 0.493 e. The van der Waals surface area contributed by atoms with E-state index in [0.717, 1.165) is 6.42 Å². The fourth-order valence-electron chi connectivity index (χ4n) is 1.90. The van der Waals surface area contributed by atoms with Crippen LogP contribution in [0.25, 0.3) is 0 Å². The number of hydrogen-bond acceptors (Lipinski definition) is 5. The zero-order valence-corrected chi connectivity index (χ0v) is 16.3. The molecule has 0 saturated heterocycles. The normalized spacial score (nSPS) is 11.2. The smallest absolute Gasteiger partial charge is 0.338 e. The highest BCUT2D eigenvalue weighted by Gasteiger charge is 2.21. The first kappa shape index (κ1) is 21.1. The summed E-state index contributed by atoms with van der Waals surface area (Å²) in [7, 11) is 1.45. The number of benzene rings is 1. The zero-order chi connectivity index (χ0) is 19.2. The average molecular weight is 372 g/mol. The molecule has 0 aliphatic carbocycles. The number of carbonyl (C=O) groups excluding carboxylic acids is 2. The van der Waals surface area contributed by atoms with Gasteiger partial charge >= 0.3 is 5.97 Å². The van der Waals surface area contributed by atoms with Gasteiger partial charge in [-0.15, -0.1) is 0 Å². The van der Waals surface area contributed by atoms with Crippen LogP contribution < -0.4 is 14.8 Å². The van der Waals surface area contributed by atoms with Gasteiger partial charge in [0.15, 0.2) is 18.1 Å². The van der Waals surface area contributed by atoms with E-state index in [1.807, 2.05) is 34.6 Å². The molecule has 25 heavy (non-hydrogen) atoms. The van der Waals surface area contributed by atoms with Crippen LogP contribution in [0.4, 0.5) is 0 Å². The Morgan fingerprint density at radius 3 is 2.44 bits per heavy atom. The summed E-state index contributed by atoms with van der Waals surface area (Å²) in [4.78, 5) is 24.0. The monoisotopic (exact) mass is 371 g/mol. The molecular formula is C18H26ClNO5. The Morgan fingerprint density at radius 1 is 1.28 bits per heavy atom. The molecule has 1 aromatic carbocycles. The molecule has 1 amide bonds. The highest BCUT2D eigenvalue weighted by Crippen LogP contribution is 2.37. The first-order valence-electron chi connectivity index (χ1n) is 8.12. The molecule has 6 nitrogen and oxygen atoms in total. The van der Waals surface area contributed by atoms with Crippen molar-refractivity contribution in [1.29, 1.82) is 0 Å². The average Bonchev–Trinajstić information content (AvgIpc) is 2.53. The van der Waals surface area contributed by atoms with Crippen LogP contribution in [0.3, 0.4) is 0 Å². The van der Waals surface area contributed by atoms with Crippen molar-refractivity contribution >= 4 is 23.5 Å². The van der Waals surface area contributed by atoms with Gasteiger partial charge in [0.2, 0.25) is 0 Å². The third-order valence-corrected chi connectivity index (χ3v) is 3.80. The van der Waals surface area contributed by atoms with Gasteiger partial charge in [-0.2, -0.15) is 0 Å². The molecular weight excluding hydrogens is 346 g/mol. The third kappa shape index (κ3) is 6.46. The molecule has 0 radical (unpaired) electrons. The van der Waals surface area contributed by atoms with Gasteiger partial charge in [-0.25, -0.2) is 4.79 Å². The number of methoxy groups -OCH3 is 1. The minimum absolute atomic E-state index is 0.102. The summed E-state index contributed by atoms with van der Waals surface area (Å²) >= 11 is 6.18. The number of rotatable bonds is 8. The molecule has 0 aromatic heterocycles. The molecule has 1 N–H and O–H groups in total. The lowest BCUT2D eigenvalue weighted by Gasteiger charge is -2.24. The molecule has 140 valence electrons. The van der Waals surface area contributed by atoms with Crippen molar-refractivity contribution in [2.45, 2.75) is 52.7 Å². The fourth-order valence-corrected chi connectivity index (χ4v) is 2.16. The molecule has 0 fully saturated rings. The Morgan fingerprint density at radius 2 is 1.92 bits per heavy atom. The van der Waals surface area contributed by atoms with Crippen LogP contribution in [-0.2, 0) is 9.53 Å². The summed E-state index contributed by atoms with van der Waals surface area (Å²) in [6.45, 7) is 9.09. The SMILES string of the molecule is CCC(C)(C)NC(=O)COC(=O)c1cc(Cl)c(OC(C)C)c(OC)c1. The molecule has 0 saturated carbocycles. The molecule has 0 unspecified atom stereocenters. The van der Waals surface area contributed by atoms with E-state index in [1.165, 1.54) is 19.2 Å². The maximum Gasteiger partial charge on any atom is 0.338 e. The summed E-state index contributed by atoms with van der Waals surface area (Å²) < 4.78 is 15.9. The van der Waals surface area contributed by atoms with Crippen LogP contribution in [0.1, 0.15) is 51.4 Å². The minimum atomic E-state index is -0.666. The van der Waals surface area contributed by atoms with Crippen molar-refractivity contribution in [1.82, 2.24) is 5.32 Å². The van der Waals surface area contributed by atoms with E-state index in [2.05, 4.69) is 5.32 Å². The Kier molecular flexibility index (Phi) is 7.55. The number of hydrogen-bond donors (Lipinski definition) is 1. The number of halogens is 1. The number of carbonyl (C=O) groups is 2. The summed E-state index contributed by atoms with van der Waals surface area (Å²) in [6.07, 6.45) is 0.659. The van der Waals surface area contributed by atoms with Gasteiger partial charge in [0.1, 0.15) is 0 Å². The second-order valence-corrected chi connectivity index (χ2v) is 6.93. The lowest BCUT2D eigenvalue weighted by atomic mass is 10.0. The van der Waals surface area contributed by atoms with Crippen LogP contribution in [0.2, 0.25) is 5.02 Å². The summed E-state index contributed by atoms with van der Waals surface area (Å²) in [5.74, 6) is -0.346. The molecule has 0 aliphatic rings. The minimum Gasteiger partial charge on any atom is -0.493 e. The molecule has 0 aliphatic heterocycles. The standard InChI is InChI=1S/C18H26ClNO5/c1-7-18(4,5)20-15(21)10-24-17(22)12-8-13(19)16(25-11(2)3)14(9-12)23-6/h8-9,11H,7,10H2,1-6H3,(H,20,21). The summed E-state index contributed by atoms with van der Waals surface area (Å²) in [5.41, 5.74) is -0.174. The van der Waals surface area contributed by atoms with Gasteiger partial charge in [-0.1, -0.05) is 18.5 Å². The van der Waals surface area contributed by atoms with Gasteiger partial charge in [-0.3, -0.25) is 4.79 Å². The number of esters is 1. The van der Waals surface area contributed by atoms with Gasteiger partial charge in [-0.05, 0) is 46.2 Å². The van der Waals surface area contributed by atoms with Crippen molar-refractivity contribution < 1.29 is 23.8 Å². The maximum absolute atomic E-state index is 12.2. The van der Waals surface area contributed by atoms with Gasteiger partial charge in [0, 0.05) is 5.54 Å². The Balaban J connectivity index is 2.82. The molecule has 7 heteroatoms. The third-order valence-electron chi connectivity index (χ3n) is 3.51. The predicted octanol–water partition coefficient (Wildman–Crippen LogP) is 3.60. The molecule has 1 aromatic rings. The van der Waals surface area contributed by atoms with Crippen molar-refractivity contribution in [3.05, 3.63) is 22.7 Å². The summed E-state index contributed by atoms with van der Waals surface area (Å²) in [5, 5.41) is 3.02. The molecule has 0 bridgehead atoms. The second-order valence-electron chi connectivity index (χ2n) is 6.52. The van der Waals surface area contributed by atoms with E-state index in [4.69, 9.17) is 25.8 Å². The first-order chi connectivity index (χ1) is 11.6. The van der Waals surface area contributed by atoms with Crippen molar-refractivity contribution in [3.8, 4) is 11.5 Å². The van der Waals surface area contributed by atoms with Crippen LogP contribution in [0.15, 0.2) is 12.1 Å². The number of amides is 1. The topological polar surface area (TPSA) is 73.9 Å².